The number of carboxylic acid groups (broad SMARTS) is 1. The lowest BCUT2D eigenvalue weighted by Crippen LogP contribution is -2.03. The molecule has 0 spiro atoms. The van der Waals surface area contributed by atoms with Crippen molar-refractivity contribution >= 4 is 6.16 Å². The van der Waals surface area contributed by atoms with Crippen LogP contribution in [0.3, 0.4) is 0 Å². The first kappa shape index (κ1) is 10.4. The molecule has 1 aromatic carbocycles. The van der Waals surface area contributed by atoms with Gasteiger partial charge in [-0.1, -0.05) is 19.9 Å². The minimum Gasteiger partial charge on any atom is -0.508 e. The van der Waals surface area contributed by atoms with Gasteiger partial charge in [0.05, 0.1) is 0 Å². The third-order valence-corrected chi connectivity index (χ3v) is 1.83. The summed E-state index contributed by atoms with van der Waals surface area (Å²) >= 11 is 0. The van der Waals surface area contributed by atoms with Crippen molar-refractivity contribution in [1.29, 1.82) is 0 Å². The molecule has 0 aliphatic rings. The standard InChI is InChI=1S/C10H12O4/c1-6(2)8-4-3-7(5-9(8)11)14-10(12)13/h3-6,11H,1-2H3,(H,12,13). The smallest absolute Gasteiger partial charge is 0.508 e. The SMILES string of the molecule is CC(C)c1ccc(OC(=O)O)cc1O. The minimum atomic E-state index is -1.39. The van der Waals surface area contributed by atoms with E-state index in [9.17, 15) is 9.90 Å². The molecule has 0 aliphatic carbocycles. The van der Waals surface area contributed by atoms with Crippen molar-refractivity contribution in [2.45, 2.75) is 19.8 Å². The summed E-state index contributed by atoms with van der Waals surface area (Å²) in [6, 6.07) is 4.46. The zero-order valence-electron chi connectivity index (χ0n) is 8.02. The Morgan fingerprint density at radius 2 is 2.07 bits per heavy atom. The third-order valence-electron chi connectivity index (χ3n) is 1.83. The number of hydrogen-bond acceptors (Lipinski definition) is 3. The predicted octanol–water partition coefficient (Wildman–Crippen LogP) is 2.57. The number of rotatable bonds is 2. The second-order valence-corrected chi connectivity index (χ2v) is 3.24. The van der Waals surface area contributed by atoms with Gasteiger partial charge in [0.25, 0.3) is 0 Å². The minimum absolute atomic E-state index is 0.0544. The number of benzene rings is 1. The van der Waals surface area contributed by atoms with E-state index in [0.717, 1.165) is 5.56 Å². The van der Waals surface area contributed by atoms with E-state index in [2.05, 4.69) is 4.74 Å². The first-order valence-electron chi connectivity index (χ1n) is 4.24. The Labute approximate surface area is 81.8 Å². The summed E-state index contributed by atoms with van der Waals surface area (Å²) in [5, 5.41) is 17.8. The molecule has 1 rings (SSSR count). The topological polar surface area (TPSA) is 66.8 Å². The lowest BCUT2D eigenvalue weighted by molar-refractivity contribution is 0.144. The highest BCUT2D eigenvalue weighted by Crippen LogP contribution is 2.29. The molecule has 0 bridgehead atoms. The van der Waals surface area contributed by atoms with Crippen LogP contribution in [-0.2, 0) is 0 Å². The summed E-state index contributed by atoms with van der Waals surface area (Å²) in [7, 11) is 0. The maximum atomic E-state index is 10.2. The molecule has 76 valence electrons. The van der Waals surface area contributed by atoms with Gasteiger partial charge in [-0.25, -0.2) is 4.79 Å². The average Bonchev–Trinajstić information content (AvgIpc) is 2.01. The summed E-state index contributed by atoms with van der Waals surface area (Å²) in [6.45, 7) is 3.87. The maximum Gasteiger partial charge on any atom is 0.511 e. The van der Waals surface area contributed by atoms with E-state index in [1.165, 1.54) is 12.1 Å². The van der Waals surface area contributed by atoms with Crippen LogP contribution in [-0.4, -0.2) is 16.4 Å². The Balaban J connectivity index is 2.94. The van der Waals surface area contributed by atoms with E-state index in [4.69, 9.17) is 5.11 Å². The van der Waals surface area contributed by atoms with E-state index < -0.39 is 6.16 Å². The average molecular weight is 196 g/mol. The van der Waals surface area contributed by atoms with Gasteiger partial charge in [0.15, 0.2) is 0 Å². The molecular formula is C10H12O4. The molecular weight excluding hydrogens is 184 g/mol. The summed E-state index contributed by atoms with van der Waals surface area (Å²) in [5.41, 5.74) is 0.766. The second kappa shape index (κ2) is 4.00. The first-order chi connectivity index (χ1) is 6.50. The van der Waals surface area contributed by atoms with E-state index in [-0.39, 0.29) is 17.4 Å². The van der Waals surface area contributed by atoms with Gasteiger partial charge < -0.3 is 14.9 Å². The van der Waals surface area contributed by atoms with Crippen molar-refractivity contribution < 1.29 is 19.7 Å². The molecule has 0 amide bonds. The lowest BCUT2D eigenvalue weighted by Gasteiger charge is -2.08. The number of aromatic hydroxyl groups is 1. The molecule has 0 heterocycles. The van der Waals surface area contributed by atoms with Crippen LogP contribution in [0, 0.1) is 0 Å². The van der Waals surface area contributed by atoms with Crippen molar-refractivity contribution in [2.24, 2.45) is 0 Å². The summed E-state index contributed by atoms with van der Waals surface area (Å²) < 4.78 is 4.39. The summed E-state index contributed by atoms with van der Waals surface area (Å²) in [5.74, 6) is 0.368. The van der Waals surface area contributed by atoms with Gasteiger partial charge in [0.1, 0.15) is 11.5 Å². The van der Waals surface area contributed by atoms with Gasteiger partial charge in [-0.15, -0.1) is 0 Å². The van der Waals surface area contributed by atoms with E-state index >= 15 is 0 Å². The highest BCUT2D eigenvalue weighted by atomic mass is 16.7. The zero-order chi connectivity index (χ0) is 10.7. The Morgan fingerprint density at radius 3 is 2.50 bits per heavy atom. The Bertz CT molecular complexity index is 344. The molecule has 4 nitrogen and oxygen atoms in total. The van der Waals surface area contributed by atoms with Crippen LogP contribution < -0.4 is 4.74 Å². The van der Waals surface area contributed by atoms with Crippen LogP contribution in [0.4, 0.5) is 4.79 Å². The highest BCUT2D eigenvalue weighted by molar-refractivity contribution is 5.61. The second-order valence-electron chi connectivity index (χ2n) is 3.24. The molecule has 0 saturated carbocycles. The van der Waals surface area contributed by atoms with Gasteiger partial charge in [-0.3, -0.25) is 0 Å². The van der Waals surface area contributed by atoms with Gasteiger partial charge in [0.2, 0.25) is 0 Å². The molecule has 0 radical (unpaired) electrons. The zero-order valence-corrected chi connectivity index (χ0v) is 8.02. The largest absolute Gasteiger partial charge is 0.511 e. The van der Waals surface area contributed by atoms with Crippen molar-refractivity contribution in [3.8, 4) is 11.5 Å². The first-order valence-corrected chi connectivity index (χ1v) is 4.24. The van der Waals surface area contributed by atoms with Crippen molar-refractivity contribution in [3.05, 3.63) is 23.8 Å². The van der Waals surface area contributed by atoms with E-state index in [0.29, 0.717) is 0 Å². The van der Waals surface area contributed by atoms with E-state index in [1.807, 2.05) is 13.8 Å². The van der Waals surface area contributed by atoms with Crippen LogP contribution in [0.25, 0.3) is 0 Å². The van der Waals surface area contributed by atoms with Crippen LogP contribution in [0.15, 0.2) is 18.2 Å². The Kier molecular flexibility index (Phi) is 2.96. The molecule has 0 aromatic heterocycles. The van der Waals surface area contributed by atoms with Gasteiger partial charge in [-0.05, 0) is 17.5 Å². The van der Waals surface area contributed by atoms with Crippen molar-refractivity contribution in [2.75, 3.05) is 0 Å². The number of phenols is 1. The van der Waals surface area contributed by atoms with Gasteiger partial charge >= 0.3 is 6.16 Å². The summed E-state index contributed by atoms with van der Waals surface area (Å²) in [6.07, 6.45) is -1.39. The van der Waals surface area contributed by atoms with Crippen LogP contribution in [0.1, 0.15) is 25.3 Å². The normalized spacial score (nSPS) is 10.2. The molecule has 0 aliphatic heterocycles. The Hall–Kier alpha value is -1.71. The highest BCUT2D eigenvalue weighted by Gasteiger charge is 2.08. The third kappa shape index (κ3) is 2.39. The molecule has 0 fully saturated rings. The van der Waals surface area contributed by atoms with Gasteiger partial charge in [0, 0.05) is 6.07 Å². The fourth-order valence-electron chi connectivity index (χ4n) is 1.18. The van der Waals surface area contributed by atoms with Crippen molar-refractivity contribution in [1.82, 2.24) is 0 Å². The molecule has 4 heteroatoms. The van der Waals surface area contributed by atoms with Crippen LogP contribution in [0.2, 0.25) is 0 Å². The number of ether oxygens (including phenoxy) is 1. The van der Waals surface area contributed by atoms with Crippen LogP contribution >= 0.6 is 0 Å². The fraction of sp³-hybridized carbons (Fsp3) is 0.300. The quantitative estimate of drug-likeness (QED) is 0.563. The molecule has 14 heavy (non-hydrogen) atoms. The fourth-order valence-corrected chi connectivity index (χ4v) is 1.18. The molecule has 2 N–H and O–H groups in total. The monoisotopic (exact) mass is 196 g/mol. The molecule has 0 atom stereocenters. The van der Waals surface area contributed by atoms with Crippen molar-refractivity contribution in [3.63, 3.8) is 0 Å². The lowest BCUT2D eigenvalue weighted by atomic mass is 10.0. The summed E-state index contributed by atoms with van der Waals surface area (Å²) in [4.78, 5) is 10.2. The molecule has 0 saturated heterocycles. The van der Waals surface area contributed by atoms with Gasteiger partial charge in [-0.2, -0.15) is 0 Å². The number of phenolic OH excluding ortho intramolecular Hbond substituents is 1. The Morgan fingerprint density at radius 1 is 1.43 bits per heavy atom. The predicted molar refractivity (Wildman–Crippen MR) is 50.8 cm³/mol. The molecule has 1 aromatic rings. The van der Waals surface area contributed by atoms with E-state index in [1.54, 1.807) is 6.07 Å². The maximum absolute atomic E-state index is 10.2. The van der Waals surface area contributed by atoms with Crippen LogP contribution in [0.5, 0.6) is 11.5 Å². The number of hydrogen-bond donors (Lipinski definition) is 2. The number of carbonyl (C=O) groups is 1. The molecule has 0 unspecified atom stereocenters.